The Morgan fingerprint density at radius 3 is 1.60 bits per heavy atom. The van der Waals surface area contributed by atoms with Crippen LogP contribution in [-0.4, -0.2) is 107 Å². The van der Waals surface area contributed by atoms with E-state index in [4.69, 9.17) is 9.47 Å². The first-order chi connectivity index (χ1) is 28.9. The van der Waals surface area contributed by atoms with Crippen LogP contribution in [0.3, 0.4) is 0 Å². The first kappa shape index (κ1) is 56.6. The summed E-state index contributed by atoms with van der Waals surface area (Å²) >= 11 is 0. The molecule has 14 heteroatoms. The van der Waals surface area contributed by atoms with E-state index < -0.39 is 78.5 Å². The van der Waals surface area contributed by atoms with Crippen molar-refractivity contribution in [2.75, 3.05) is 13.2 Å². The summed E-state index contributed by atoms with van der Waals surface area (Å²) in [5.74, 6) is -0.711. The maximum absolute atomic E-state index is 13.1. The Labute approximate surface area is 364 Å². The molecule has 0 aromatic carbocycles. The number of allylic oxidation sites excluding steroid dienone is 3. The maximum atomic E-state index is 13.1. The normalized spacial score (nSPS) is 21.5. The Bertz CT molecular complexity index is 1190. The van der Waals surface area contributed by atoms with Crippen molar-refractivity contribution in [3.05, 3.63) is 24.3 Å². The van der Waals surface area contributed by atoms with Gasteiger partial charge in [-0.15, -0.1) is 0 Å². The van der Waals surface area contributed by atoms with Crippen LogP contribution in [0.25, 0.3) is 0 Å². The fourth-order valence-corrected chi connectivity index (χ4v) is 8.04. The van der Waals surface area contributed by atoms with Crippen LogP contribution < -0.4 is 5.32 Å². The van der Waals surface area contributed by atoms with Gasteiger partial charge in [-0.2, -0.15) is 8.42 Å². The Morgan fingerprint density at radius 1 is 0.667 bits per heavy atom. The van der Waals surface area contributed by atoms with Crippen molar-refractivity contribution in [3.63, 3.8) is 0 Å². The van der Waals surface area contributed by atoms with Crippen molar-refractivity contribution in [1.29, 1.82) is 0 Å². The Hall–Kier alpha value is -1.46. The number of amides is 1. The van der Waals surface area contributed by atoms with Gasteiger partial charge in [-0.25, -0.2) is 4.18 Å². The summed E-state index contributed by atoms with van der Waals surface area (Å²) in [6.07, 6.45) is 29.7. The Kier molecular flexibility index (Phi) is 34.8. The van der Waals surface area contributed by atoms with Crippen LogP contribution in [0.5, 0.6) is 0 Å². The van der Waals surface area contributed by atoms with Crippen LogP contribution >= 0.6 is 0 Å². The fraction of sp³-hybridized carbons (Fsp3) is 0.891. The number of unbranched alkanes of at least 4 members (excludes halogenated alkanes) is 25. The maximum Gasteiger partial charge on any atom is 0.397 e. The van der Waals surface area contributed by atoms with Crippen molar-refractivity contribution in [1.82, 2.24) is 5.32 Å². The minimum absolute atomic E-state index is 0.240. The molecule has 8 atom stereocenters. The average molecular weight is 878 g/mol. The van der Waals surface area contributed by atoms with Crippen molar-refractivity contribution in [2.24, 2.45) is 0 Å². The van der Waals surface area contributed by atoms with Gasteiger partial charge in [0, 0.05) is 0 Å². The second-order valence-corrected chi connectivity index (χ2v) is 17.9. The summed E-state index contributed by atoms with van der Waals surface area (Å²) in [5, 5.41) is 55.2. The first-order valence-corrected chi connectivity index (χ1v) is 25.2. The van der Waals surface area contributed by atoms with Gasteiger partial charge in [-0.1, -0.05) is 192 Å². The van der Waals surface area contributed by atoms with Crippen molar-refractivity contribution in [3.8, 4) is 0 Å². The van der Waals surface area contributed by atoms with Crippen LogP contribution in [0.15, 0.2) is 24.3 Å². The lowest BCUT2D eigenvalue weighted by Crippen LogP contribution is -2.61. The number of hydrogen-bond acceptors (Lipinski definition) is 11. The summed E-state index contributed by atoms with van der Waals surface area (Å²) in [6, 6.07) is -1.13. The smallest absolute Gasteiger partial charge is 0.394 e. The average Bonchev–Trinajstić information content (AvgIpc) is 3.22. The molecule has 0 aromatic heterocycles. The van der Waals surface area contributed by atoms with E-state index in [0.29, 0.717) is 12.8 Å². The van der Waals surface area contributed by atoms with Gasteiger partial charge in [0.05, 0.1) is 25.4 Å². The van der Waals surface area contributed by atoms with Crippen LogP contribution in [0.2, 0.25) is 0 Å². The number of aliphatic hydroxyl groups excluding tert-OH is 5. The predicted octanol–water partition coefficient (Wildman–Crippen LogP) is 8.30. The van der Waals surface area contributed by atoms with E-state index >= 15 is 0 Å². The zero-order valence-corrected chi connectivity index (χ0v) is 38.2. The SMILES string of the molecule is CCCCCCCCCCCCC/C=C/CC/C=C/C(O)C(COC1OC(CO)C(O)C(OS(=O)(=O)O)C1O)NC(=O)C(O)CCCCCCCCCCCCCCCC. The number of aliphatic hydroxyl groups is 5. The molecule has 1 aliphatic heterocycles. The van der Waals surface area contributed by atoms with Gasteiger partial charge in [0.15, 0.2) is 6.29 Å². The minimum Gasteiger partial charge on any atom is -0.394 e. The lowest BCUT2D eigenvalue weighted by atomic mass is 9.99. The van der Waals surface area contributed by atoms with E-state index in [2.05, 4.69) is 35.5 Å². The molecule has 1 aliphatic rings. The molecule has 7 N–H and O–H groups in total. The first-order valence-electron chi connectivity index (χ1n) is 23.8. The van der Waals surface area contributed by atoms with Crippen LogP contribution in [0.4, 0.5) is 0 Å². The van der Waals surface area contributed by atoms with Gasteiger partial charge in [0.2, 0.25) is 5.91 Å². The quantitative estimate of drug-likeness (QED) is 0.0176. The molecule has 0 aromatic rings. The number of carbonyl (C=O) groups excluding carboxylic acids is 1. The van der Waals surface area contributed by atoms with E-state index in [1.165, 1.54) is 134 Å². The highest BCUT2D eigenvalue weighted by molar-refractivity contribution is 7.80. The molecular formula is C46H87NO12S. The zero-order valence-electron chi connectivity index (χ0n) is 37.4. The molecule has 1 rings (SSSR count). The predicted molar refractivity (Wildman–Crippen MR) is 238 cm³/mol. The van der Waals surface area contributed by atoms with Crippen molar-refractivity contribution in [2.45, 2.75) is 249 Å². The van der Waals surface area contributed by atoms with E-state index in [1.807, 2.05) is 0 Å². The standard InChI is InChI=1S/C46H87NO12S/c1-3-5-7-9-11-13-15-17-19-20-21-23-24-26-28-30-32-34-39(49)38(37-57-46-43(52)44(59-60(54,55)56)42(51)41(36-48)58-46)47-45(53)40(50)35-33-31-29-27-25-22-18-16-14-12-10-8-6-4-2/h24,26,32,34,38-44,46,48-52H,3-23,25,27-31,33,35-37H2,1-2H3,(H,47,53)(H,54,55,56)/b26-24+,34-32+. The second-order valence-electron chi connectivity index (χ2n) is 16.8. The molecule has 13 nitrogen and oxygen atoms in total. The molecule has 1 saturated heterocycles. The summed E-state index contributed by atoms with van der Waals surface area (Å²) in [4.78, 5) is 13.1. The van der Waals surface area contributed by atoms with E-state index in [1.54, 1.807) is 6.08 Å². The molecule has 0 spiro atoms. The lowest BCUT2D eigenvalue weighted by molar-refractivity contribution is -0.298. The number of carbonyl (C=O) groups is 1. The molecule has 1 heterocycles. The number of nitrogens with one attached hydrogen (secondary N) is 1. The molecule has 354 valence electrons. The molecule has 1 amide bonds. The van der Waals surface area contributed by atoms with Crippen LogP contribution in [0, 0.1) is 0 Å². The summed E-state index contributed by atoms with van der Waals surface area (Å²) < 4.78 is 47.5. The summed E-state index contributed by atoms with van der Waals surface area (Å²) in [5.41, 5.74) is 0. The molecule has 1 fully saturated rings. The number of ether oxygens (including phenoxy) is 2. The molecule has 60 heavy (non-hydrogen) atoms. The largest absolute Gasteiger partial charge is 0.397 e. The summed E-state index contributed by atoms with van der Waals surface area (Å²) in [6.45, 7) is 3.20. The van der Waals surface area contributed by atoms with Gasteiger partial charge >= 0.3 is 10.4 Å². The van der Waals surface area contributed by atoms with Crippen molar-refractivity contribution < 1.29 is 57.0 Å². The van der Waals surface area contributed by atoms with Crippen molar-refractivity contribution >= 4 is 16.3 Å². The third kappa shape index (κ3) is 29.0. The third-order valence-corrected chi connectivity index (χ3v) is 11.8. The zero-order chi connectivity index (χ0) is 44.3. The van der Waals surface area contributed by atoms with Gasteiger partial charge in [-0.05, 0) is 32.1 Å². The highest BCUT2D eigenvalue weighted by Crippen LogP contribution is 2.26. The highest BCUT2D eigenvalue weighted by Gasteiger charge is 2.48. The Morgan fingerprint density at radius 2 is 1.12 bits per heavy atom. The highest BCUT2D eigenvalue weighted by atomic mass is 32.3. The van der Waals surface area contributed by atoms with Crippen LogP contribution in [-0.2, 0) is 28.9 Å². The van der Waals surface area contributed by atoms with Gasteiger partial charge < -0.3 is 40.3 Å². The molecule has 0 aliphatic carbocycles. The van der Waals surface area contributed by atoms with E-state index in [9.17, 15) is 43.3 Å². The minimum atomic E-state index is -5.12. The Balaban J connectivity index is 2.60. The number of rotatable bonds is 40. The lowest BCUT2D eigenvalue weighted by Gasteiger charge is -2.41. The molecular weight excluding hydrogens is 791 g/mol. The monoisotopic (exact) mass is 878 g/mol. The fourth-order valence-electron chi connectivity index (χ4n) is 7.54. The molecule has 0 bridgehead atoms. The molecule has 0 saturated carbocycles. The topological polar surface area (TPSA) is 212 Å². The second kappa shape index (κ2) is 37.0. The van der Waals surface area contributed by atoms with E-state index in [-0.39, 0.29) is 6.42 Å². The van der Waals surface area contributed by atoms with Gasteiger partial charge in [0.25, 0.3) is 0 Å². The van der Waals surface area contributed by atoms with Crippen LogP contribution in [0.1, 0.15) is 200 Å². The van der Waals surface area contributed by atoms with E-state index in [0.717, 1.165) is 38.5 Å². The third-order valence-electron chi connectivity index (χ3n) is 11.3. The van der Waals surface area contributed by atoms with Gasteiger partial charge in [-0.3, -0.25) is 9.35 Å². The number of hydrogen-bond donors (Lipinski definition) is 7. The molecule has 0 radical (unpaired) electrons. The molecule has 8 unspecified atom stereocenters. The summed E-state index contributed by atoms with van der Waals surface area (Å²) in [7, 11) is -5.12. The van der Waals surface area contributed by atoms with Gasteiger partial charge in [0.1, 0.15) is 30.5 Å².